The van der Waals surface area contributed by atoms with E-state index in [9.17, 15) is 9.18 Å². The Bertz CT molecular complexity index is 1150. The molecule has 0 fully saturated rings. The molecular weight excluding hydrogens is 436 g/mol. The van der Waals surface area contributed by atoms with Crippen LogP contribution >= 0.6 is 34.2 Å². The SMILES string of the molecule is Cc1nnc2c(Cl)c3c(cn12)[nH]c(=O)n3-c1ccc(I)cc1F. The van der Waals surface area contributed by atoms with E-state index in [1.807, 2.05) is 22.6 Å². The molecule has 0 aliphatic carbocycles. The van der Waals surface area contributed by atoms with Crippen molar-refractivity contribution in [2.45, 2.75) is 6.92 Å². The quantitative estimate of drug-likeness (QED) is 0.460. The minimum Gasteiger partial charge on any atom is -0.304 e. The number of nitrogens with one attached hydrogen (secondary N) is 1. The first-order valence-electron chi connectivity index (χ1n) is 6.57. The Labute approximate surface area is 147 Å². The smallest absolute Gasteiger partial charge is 0.304 e. The maximum Gasteiger partial charge on any atom is 0.331 e. The normalized spacial score (nSPS) is 11.7. The van der Waals surface area contributed by atoms with E-state index < -0.39 is 11.5 Å². The molecule has 0 aliphatic rings. The predicted molar refractivity (Wildman–Crippen MR) is 92.9 cm³/mol. The zero-order valence-electron chi connectivity index (χ0n) is 11.6. The molecule has 6 nitrogen and oxygen atoms in total. The number of pyridine rings is 1. The number of imidazole rings is 1. The minimum absolute atomic E-state index is 0.129. The molecule has 0 radical (unpaired) electrons. The zero-order chi connectivity index (χ0) is 16.3. The van der Waals surface area contributed by atoms with E-state index in [4.69, 9.17) is 11.6 Å². The molecule has 23 heavy (non-hydrogen) atoms. The van der Waals surface area contributed by atoms with E-state index in [0.717, 1.165) is 3.57 Å². The first-order valence-corrected chi connectivity index (χ1v) is 8.03. The van der Waals surface area contributed by atoms with Crippen LogP contribution in [0.25, 0.3) is 22.4 Å². The molecule has 4 aromatic rings. The number of aromatic amines is 1. The molecule has 9 heteroatoms. The third-order valence-corrected chi connectivity index (χ3v) is 4.62. The summed E-state index contributed by atoms with van der Waals surface area (Å²) in [6, 6.07) is 4.62. The van der Waals surface area contributed by atoms with Gasteiger partial charge in [-0.2, -0.15) is 0 Å². The molecule has 0 amide bonds. The van der Waals surface area contributed by atoms with E-state index in [1.165, 1.54) is 10.6 Å². The van der Waals surface area contributed by atoms with E-state index >= 15 is 0 Å². The Kier molecular flexibility index (Phi) is 3.20. The second-order valence-corrected chi connectivity index (χ2v) is 6.63. The molecule has 1 N–H and O–H groups in total. The van der Waals surface area contributed by atoms with Crippen molar-refractivity contribution < 1.29 is 4.39 Å². The molecular formula is C14H8ClFIN5O. The lowest BCUT2D eigenvalue weighted by molar-refractivity contribution is 0.617. The molecule has 0 saturated carbocycles. The van der Waals surface area contributed by atoms with Crippen LogP contribution in [0.2, 0.25) is 5.02 Å². The molecule has 0 bridgehead atoms. The maximum atomic E-state index is 14.3. The van der Waals surface area contributed by atoms with Gasteiger partial charge in [0.15, 0.2) is 5.65 Å². The number of aryl methyl sites for hydroxylation is 1. The van der Waals surface area contributed by atoms with Gasteiger partial charge < -0.3 is 4.98 Å². The van der Waals surface area contributed by atoms with Crippen molar-refractivity contribution in [1.29, 1.82) is 0 Å². The Hall–Kier alpha value is -1.94. The Balaban J connectivity index is 2.17. The summed E-state index contributed by atoms with van der Waals surface area (Å²) in [5, 5.41) is 8.21. The average molecular weight is 444 g/mol. The van der Waals surface area contributed by atoms with Crippen LogP contribution in [0.5, 0.6) is 0 Å². The number of fused-ring (bicyclic) bond motifs is 2. The fourth-order valence-electron chi connectivity index (χ4n) is 2.56. The van der Waals surface area contributed by atoms with Gasteiger partial charge >= 0.3 is 5.69 Å². The number of nitrogens with zero attached hydrogens (tertiary/aromatic N) is 4. The lowest BCUT2D eigenvalue weighted by Crippen LogP contribution is -2.16. The fourth-order valence-corrected chi connectivity index (χ4v) is 3.33. The standard InChI is InChI=1S/C14H8ClFIN5O/c1-6-19-20-13-11(15)12-9(5-21(6)13)18-14(23)22(12)10-3-2-7(17)4-8(10)16/h2-5H,1H3,(H,18,23). The molecule has 1 aromatic carbocycles. The van der Waals surface area contributed by atoms with Crippen molar-refractivity contribution >= 4 is 50.9 Å². The molecule has 0 saturated heterocycles. The zero-order valence-corrected chi connectivity index (χ0v) is 14.6. The van der Waals surface area contributed by atoms with Crippen LogP contribution in [0.4, 0.5) is 4.39 Å². The Morgan fingerprint density at radius 2 is 2.13 bits per heavy atom. The van der Waals surface area contributed by atoms with Gasteiger partial charge in [-0.1, -0.05) is 11.6 Å². The van der Waals surface area contributed by atoms with Crippen LogP contribution in [0.15, 0.2) is 29.2 Å². The molecule has 0 spiro atoms. The van der Waals surface area contributed by atoms with E-state index in [0.29, 0.717) is 22.5 Å². The highest BCUT2D eigenvalue weighted by atomic mass is 127. The van der Waals surface area contributed by atoms with E-state index in [1.54, 1.807) is 29.7 Å². The van der Waals surface area contributed by atoms with Crippen LogP contribution in [0.3, 0.4) is 0 Å². The molecule has 0 unspecified atom stereocenters. The summed E-state index contributed by atoms with van der Waals surface area (Å²) in [4.78, 5) is 15.0. The summed E-state index contributed by atoms with van der Waals surface area (Å²) >= 11 is 8.42. The van der Waals surface area contributed by atoms with Crippen molar-refractivity contribution in [1.82, 2.24) is 24.1 Å². The van der Waals surface area contributed by atoms with Crippen molar-refractivity contribution in [3.05, 3.63) is 55.1 Å². The van der Waals surface area contributed by atoms with Gasteiger partial charge in [-0.25, -0.2) is 9.18 Å². The number of hydrogen-bond acceptors (Lipinski definition) is 3. The van der Waals surface area contributed by atoms with Crippen molar-refractivity contribution in [3.8, 4) is 5.69 Å². The summed E-state index contributed by atoms with van der Waals surface area (Å²) < 4.78 is 17.9. The van der Waals surface area contributed by atoms with Crippen LogP contribution in [-0.4, -0.2) is 24.1 Å². The average Bonchev–Trinajstić information content (AvgIpc) is 3.01. The van der Waals surface area contributed by atoms with Crippen LogP contribution in [0, 0.1) is 16.3 Å². The van der Waals surface area contributed by atoms with Crippen LogP contribution in [-0.2, 0) is 0 Å². The monoisotopic (exact) mass is 443 g/mol. The summed E-state index contributed by atoms with van der Waals surface area (Å²) in [5.74, 6) is 0.131. The number of halogens is 3. The highest BCUT2D eigenvalue weighted by molar-refractivity contribution is 14.1. The summed E-state index contributed by atoms with van der Waals surface area (Å²) in [5.41, 5.74) is 0.922. The molecule has 116 valence electrons. The van der Waals surface area contributed by atoms with Crippen molar-refractivity contribution in [2.75, 3.05) is 0 Å². The predicted octanol–water partition coefficient (Wildman–Crippen LogP) is 3.07. The van der Waals surface area contributed by atoms with E-state index in [2.05, 4.69) is 15.2 Å². The summed E-state index contributed by atoms with van der Waals surface area (Å²) in [6.07, 6.45) is 1.67. The van der Waals surface area contributed by atoms with Gasteiger partial charge in [-0.3, -0.25) is 8.97 Å². The second-order valence-electron chi connectivity index (χ2n) is 5.01. The van der Waals surface area contributed by atoms with Gasteiger partial charge in [0.05, 0.1) is 16.7 Å². The van der Waals surface area contributed by atoms with Gasteiger partial charge in [0.25, 0.3) is 0 Å². The third-order valence-electron chi connectivity index (χ3n) is 3.60. The molecule has 3 aromatic heterocycles. The Morgan fingerprint density at radius 3 is 2.87 bits per heavy atom. The van der Waals surface area contributed by atoms with Crippen molar-refractivity contribution in [3.63, 3.8) is 0 Å². The van der Waals surface area contributed by atoms with E-state index in [-0.39, 0.29) is 10.7 Å². The minimum atomic E-state index is -0.506. The highest BCUT2D eigenvalue weighted by Gasteiger charge is 2.19. The summed E-state index contributed by atoms with van der Waals surface area (Å²) in [7, 11) is 0. The largest absolute Gasteiger partial charge is 0.331 e. The number of aromatic nitrogens is 5. The number of rotatable bonds is 1. The summed E-state index contributed by atoms with van der Waals surface area (Å²) in [6.45, 7) is 1.77. The highest BCUT2D eigenvalue weighted by Crippen LogP contribution is 2.28. The second kappa shape index (κ2) is 5.03. The number of H-pyrrole nitrogens is 1. The molecule has 0 atom stereocenters. The lowest BCUT2D eigenvalue weighted by atomic mass is 10.3. The molecule has 0 aliphatic heterocycles. The lowest BCUT2D eigenvalue weighted by Gasteiger charge is -2.07. The van der Waals surface area contributed by atoms with Gasteiger partial charge in [0, 0.05) is 9.77 Å². The van der Waals surface area contributed by atoms with Crippen LogP contribution in [0.1, 0.15) is 5.82 Å². The van der Waals surface area contributed by atoms with Gasteiger partial charge in [-0.05, 0) is 47.7 Å². The first-order chi connectivity index (χ1) is 11.0. The molecule has 3 heterocycles. The number of hydrogen-bond donors (Lipinski definition) is 1. The topological polar surface area (TPSA) is 68.0 Å². The van der Waals surface area contributed by atoms with Gasteiger partial charge in [0.1, 0.15) is 16.7 Å². The molecule has 4 rings (SSSR count). The third kappa shape index (κ3) is 2.08. The van der Waals surface area contributed by atoms with Crippen molar-refractivity contribution in [2.24, 2.45) is 0 Å². The van der Waals surface area contributed by atoms with Crippen LogP contribution < -0.4 is 5.69 Å². The Morgan fingerprint density at radius 1 is 1.35 bits per heavy atom. The van der Waals surface area contributed by atoms with Gasteiger partial charge in [-0.15, -0.1) is 10.2 Å². The number of benzene rings is 1. The fraction of sp³-hybridized carbons (Fsp3) is 0.0714. The first kappa shape index (κ1) is 14.6. The van der Waals surface area contributed by atoms with Gasteiger partial charge in [0.2, 0.25) is 0 Å². The maximum absolute atomic E-state index is 14.3.